The number of hydrogen-bond donors (Lipinski definition) is 2. The van der Waals surface area contributed by atoms with Crippen LogP contribution in [0.3, 0.4) is 0 Å². The first-order valence-electron chi connectivity index (χ1n) is 6.93. The number of aromatic amines is 1. The first-order valence-corrected chi connectivity index (χ1v) is 6.93. The molecule has 2 heterocycles. The molecule has 2 N–H and O–H groups in total. The van der Waals surface area contributed by atoms with Crippen molar-refractivity contribution in [3.8, 4) is 5.75 Å². The highest BCUT2D eigenvalue weighted by molar-refractivity contribution is 5.84. The zero-order valence-corrected chi connectivity index (χ0v) is 11.9. The predicted molar refractivity (Wildman–Crippen MR) is 77.7 cm³/mol. The van der Waals surface area contributed by atoms with E-state index in [0.29, 0.717) is 19.7 Å². The van der Waals surface area contributed by atoms with E-state index in [1.807, 2.05) is 24.3 Å². The lowest BCUT2D eigenvalue weighted by Crippen LogP contribution is -2.38. The summed E-state index contributed by atoms with van der Waals surface area (Å²) in [4.78, 5) is 14.4. The second kappa shape index (κ2) is 5.97. The number of amides is 1. The molecule has 0 bridgehead atoms. The third-order valence-corrected chi connectivity index (χ3v) is 3.54. The van der Waals surface area contributed by atoms with E-state index in [2.05, 4.69) is 15.5 Å². The average molecular weight is 286 g/mol. The zero-order chi connectivity index (χ0) is 14.7. The number of ether oxygens (including phenoxy) is 1. The van der Waals surface area contributed by atoms with E-state index >= 15 is 0 Å². The van der Waals surface area contributed by atoms with Gasteiger partial charge in [-0.05, 0) is 6.07 Å². The Kier molecular flexibility index (Phi) is 3.87. The quantitative estimate of drug-likeness (QED) is 0.886. The van der Waals surface area contributed by atoms with Gasteiger partial charge in [0.25, 0.3) is 0 Å². The maximum Gasteiger partial charge on any atom is 0.244 e. The maximum absolute atomic E-state index is 12.7. The molecule has 0 spiro atoms. The van der Waals surface area contributed by atoms with Crippen molar-refractivity contribution in [2.75, 3.05) is 20.2 Å². The number of benzene rings is 1. The van der Waals surface area contributed by atoms with Crippen molar-refractivity contribution in [2.45, 2.75) is 12.6 Å². The van der Waals surface area contributed by atoms with Gasteiger partial charge in [0.15, 0.2) is 0 Å². The summed E-state index contributed by atoms with van der Waals surface area (Å²) in [6.45, 7) is 1.73. The molecule has 6 nitrogen and oxygen atoms in total. The molecular formula is C15H18N4O2. The largest absolute Gasteiger partial charge is 0.492 e. The van der Waals surface area contributed by atoms with E-state index < -0.39 is 0 Å². The number of aromatic nitrogens is 2. The molecule has 2 aromatic rings. The van der Waals surface area contributed by atoms with Crippen LogP contribution in [-0.4, -0.2) is 41.2 Å². The molecule has 3 rings (SSSR count). The first kappa shape index (κ1) is 13.6. The number of rotatable bonds is 3. The number of nitrogens with zero attached hydrogens (tertiary/aromatic N) is 2. The monoisotopic (exact) mass is 286 g/mol. The van der Waals surface area contributed by atoms with Crippen molar-refractivity contribution >= 4 is 5.91 Å². The van der Waals surface area contributed by atoms with E-state index in [-0.39, 0.29) is 11.9 Å². The number of fused-ring (bicyclic) bond motifs is 1. The van der Waals surface area contributed by atoms with E-state index in [9.17, 15) is 4.79 Å². The van der Waals surface area contributed by atoms with Crippen molar-refractivity contribution in [3.63, 3.8) is 0 Å². The topological polar surface area (TPSA) is 70.2 Å². The maximum atomic E-state index is 12.7. The Labute approximate surface area is 123 Å². The molecule has 110 valence electrons. The molecule has 0 radical (unpaired) electrons. The van der Waals surface area contributed by atoms with Crippen LogP contribution in [0, 0.1) is 0 Å². The van der Waals surface area contributed by atoms with Crippen LogP contribution in [0.2, 0.25) is 0 Å². The molecule has 6 heteroatoms. The van der Waals surface area contributed by atoms with Crippen LogP contribution in [0.5, 0.6) is 5.75 Å². The fraction of sp³-hybridized carbons (Fsp3) is 0.333. The highest BCUT2D eigenvalue weighted by atomic mass is 16.5. The summed E-state index contributed by atoms with van der Waals surface area (Å²) < 4.78 is 5.67. The molecule has 1 aromatic carbocycles. The van der Waals surface area contributed by atoms with Gasteiger partial charge >= 0.3 is 0 Å². The second-order valence-electron chi connectivity index (χ2n) is 5.07. The first-order chi connectivity index (χ1) is 10.3. The summed E-state index contributed by atoms with van der Waals surface area (Å²) in [7, 11) is 1.80. The Morgan fingerprint density at radius 2 is 2.33 bits per heavy atom. The molecule has 21 heavy (non-hydrogen) atoms. The van der Waals surface area contributed by atoms with Gasteiger partial charge in [-0.1, -0.05) is 18.2 Å². The predicted octanol–water partition coefficient (Wildman–Crippen LogP) is 1.09. The summed E-state index contributed by atoms with van der Waals surface area (Å²) in [5.41, 5.74) is 1.86. The lowest BCUT2D eigenvalue weighted by molar-refractivity contribution is -0.132. The average Bonchev–Trinajstić information content (AvgIpc) is 2.91. The fourth-order valence-electron chi connectivity index (χ4n) is 2.48. The van der Waals surface area contributed by atoms with Crippen molar-refractivity contribution in [2.24, 2.45) is 0 Å². The molecule has 1 unspecified atom stereocenters. The normalized spacial score (nSPS) is 17.5. The highest BCUT2D eigenvalue weighted by Crippen LogP contribution is 2.28. The van der Waals surface area contributed by atoms with Crippen molar-refractivity contribution in [1.82, 2.24) is 20.4 Å². The lowest BCUT2D eigenvalue weighted by Gasteiger charge is -2.23. The van der Waals surface area contributed by atoms with Gasteiger partial charge < -0.3 is 9.64 Å². The zero-order valence-electron chi connectivity index (χ0n) is 11.9. The third kappa shape index (κ3) is 2.90. The standard InChI is InChI=1S/C15H18N4O2/c1-19(10-11-8-17-18-9-11)15(20)14-12-4-2-3-5-13(12)21-7-6-16-14/h2-5,8-9,14,16H,6-7,10H2,1H3,(H,17,18). The van der Waals surface area contributed by atoms with E-state index in [4.69, 9.17) is 4.74 Å². The molecule has 1 aliphatic heterocycles. The van der Waals surface area contributed by atoms with Crippen LogP contribution in [-0.2, 0) is 11.3 Å². The number of para-hydroxylation sites is 1. The molecule has 1 aromatic heterocycles. The van der Waals surface area contributed by atoms with E-state index in [0.717, 1.165) is 16.9 Å². The minimum Gasteiger partial charge on any atom is -0.492 e. The molecular weight excluding hydrogens is 268 g/mol. The van der Waals surface area contributed by atoms with Crippen LogP contribution in [0.4, 0.5) is 0 Å². The number of nitrogens with one attached hydrogen (secondary N) is 2. The Hall–Kier alpha value is -2.34. The molecule has 0 saturated carbocycles. The summed E-state index contributed by atoms with van der Waals surface area (Å²) in [6, 6.07) is 7.30. The fourth-order valence-corrected chi connectivity index (χ4v) is 2.48. The van der Waals surface area contributed by atoms with Gasteiger partial charge in [0, 0.05) is 37.5 Å². The van der Waals surface area contributed by atoms with Crippen LogP contribution in [0.1, 0.15) is 17.2 Å². The van der Waals surface area contributed by atoms with Crippen LogP contribution >= 0.6 is 0 Å². The van der Waals surface area contributed by atoms with E-state index in [1.54, 1.807) is 24.3 Å². The van der Waals surface area contributed by atoms with Crippen molar-refractivity contribution < 1.29 is 9.53 Å². The third-order valence-electron chi connectivity index (χ3n) is 3.54. The van der Waals surface area contributed by atoms with Gasteiger partial charge in [-0.2, -0.15) is 5.10 Å². The SMILES string of the molecule is CN(Cc1cn[nH]c1)C(=O)C1NCCOc2ccccc21. The summed E-state index contributed by atoms with van der Waals surface area (Å²) in [5.74, 6) is 0.798. The highest BCUT2D eigenvalue weighted by Gasteiger charge is 2.28. The number of H-pyrrole nitrogens is 1. The van der Waals surface area contributed by atoms with Gasteiger partial charge in [0.05, 0.1) is 6.20 Å². The molecule has 0 aliphatic carbocycles. The van der Waals surface area contributed by atoms with Gasteiger partial charge in [0.2, 0.25) is 5.91 Å². The van der Waals surface area contributed by atoms with Crippen LogP contribution in [0.15, 0.2) is 36.7 Å². The number of hydrogen-bond acceptors (Lipinski definition) is 4. The second-order valence-corrected chi connectivity index (χ2v) is 5.07. The minimum absolute atomic E-state index is 0.0224. The number of carbonyl (C=O) groups excluding carboxylic acids is 1. The number of likely N-dealkylation sites (N-methyl/N-ethyl adjacent to an activating group) is 1. The Morgan fingerprint density at radius 3 is 3.14 bits per heavy atom. The molecule has 1 atom stereocenters. The van der Waals surface area contributed by atoms with Crippen molar-refractivity contribution in [1.29, 1.82) is 0 Å². The Bertz CT molecular complexity index is 612. The smallest absolute Gasteiger partial charge is 0.244 e. The minimum atomic E-state index is -0.374. The lowest BCUT2D eigenvalue weighted by atomic mass is 10.0. The van der Waals surface area contributed by atoms with Crippen LogP contribution < -0.4 is 10.1 Å². The number of carbonyl (C=O) groups is 1. The van der Waals surface area contributed by atoms with Gasteiger partial charge in [-0.25, -0.2) is 0 Å². The van der Waals surface area contributed by atoms with Gasteiger partial charge in [0.1, 0.15) is 18.4 Å². The van der Waals surface area contributed by atoms with Crippen LogP contribution in [0.25, 0.3) is 0 Å². The molecule has 1 aliphatic rings. The summed E-state index contributed by atoms with van der Waals surface area (Å²) in [6.07, 6.45) is 3.52. The molecule has 0 saturated heterocycles. The summed E-state index contributed by atoms with van der Waals surface area (Å²) in [5, 5.41) is 9.91. The molecule has 0 fully saturated rings. The van der Waals surface area contributed by atoms with E-state index in [1.165, 1.54) is 0 Å². The Balaban J connectivity index is 1.80. The summed E-state index contributed by atoms with van der Waals surface area (Å²) >= 11 is 0. The van der Waals surface area contributed by atoms with Gasteiger partial charge in [-0.15, -0.1) is 0 Å². The van der Waals surface area contributed by atoms with Gasteiger partial charge in [-0.3, -0.25) is 15.2 Å². The van der Waals surface area contributed by atoms with Crippen molar-refractivity contribution in [3.05, 3.63) is 47.8 Å². The Morgan fingerprint density at radius 1 is 1.48 bits per heavy atom. The molecule has 1 amide bonds.